The molecule has 2 aliphatic rings. The Morgan fingerprint density at radius 2 is 1.89 bits per heavy atom. The van der Waals surface area contributed by atoms with Gasteiger partial charge in [-0.3, -0.25) is 0 Å². The molecule has 2 fully saturated rings. The summed E-state index contributed by atoms with van der Waals surface area (Å²) in [6, 6.07) is 6.73. The first kappa shape index (κ1) is 17.0. The van der Waals surface area contributed by atoms with E-state index >= 15 is 0 Å². The smallest absolute Gasteiger partial charge is 0.123 e. The van der Waals surface area contributed by atoms with Crippen molar-refractivity contribution >= 4 is 11.3 Å². The summed E-state index contributed by atoms with van der Waals surface area (Å²) in [7, 11) is 0. The van der Waals surface area contributed by atoms with E-state index in [1.54, 1.807) is 29.8 Å². The average molecular weight is 380 g/mol. The molecule has 0 radical (unpaired) electrons. The summed E-state index contributed by atoms with van der Waals surface area (Å²) in [6.07, 6.45) is 8.12. The average Bonchev–Trinajstić information content (AvgIpc) is 3.47. The number of nitrogens with one attached hydrogen (secondary N) is 1. The Hall–Kier alpha value is -2.18. The van der Waals surface area contributed by atoms with Crippen molar-refractivity contribution in [3.63, 3.8) is 0 Å². The molecule has 0 bridgehead atoms. The van der Waals surface area contributed by atoms with Gasteiger partial charge in [0, 0.05) is 23.2 Å². The summed E-state index contributed by atoms with van der Waals surface area (Å²) in [4.78, 5) is 14.9. The molecule has 0 unspecified atom stereocenters. The summed E-state index contributed by atoms with van der Waals surface area (Å²) >= 11 is 1.73. The van der Waals surface area contributed by atoms with Gasteiger partial charge in [0.1, 0.15) is 12.1 Å². The van der Waals surface area contributed by atoms with Crippen molar-refractivity contribution in [2.24, 2.45) is 0 Å². The minimum Gasteiger partial charge on any atom is -0.317 e. The maximum atomic E-state index is 13.9. The van der Waals surface area contributed by atoms with Gasteiger partial charge in [-0.05, 0) is 56.8 Å². The second kappa shape index (κ2) is 7.09. The van der Waals surface area contributed by atoms with E-state index in [0.717, 1.165) is 52.8 Å². The monoisotopic (exact) mass is 380 g/mol. The molecule has 0 spiro atoms. The van der Waals surface area contributed by atoms with Crippen molar-refractivity contribution in [2.75, 3.05) is 13.1 Å². The first-order valence-electron chi connectivity index (χ1n) is 9.57. The topological polar surface area (TPSA) is 50.7 Å². The van der Waals surface area contributed by atoms with Crippen LogP contribution in [0.4, 0.5) is 4.39 Å². The lowest BCUT2D eigenvalue weighted by atomic mass is 9.99. The number of benzene rings is 1. The molecule has 3 heterocycles. The zero-order valence-corrected chi connectivity index (χ0v) is 15.8. The molecule has 1 N–H and O–H groups in total. The molecular weight excluding hydrogens is 359 g/mol. The van der Waals surface area contributed by atoms with E-state index in [1.165, 1.54) is 24.5 Å². The van der Waals surface area contributed by atoms with Crippen molar-refractivity contribution in [2.45, 2.75) is 37.5 Å². The molecule has 3 aromatic rings. The fourth-order valence-corrected chi connectivity index (χ4v) is 5.07. The van der Waals surface area contributed by atoms with E-state index in [2.05, 4.69) is 15.3 Å². The number of halogens is 1. The highest BCUT2D eigenvalue weighted by molar-refractivity contribution is 7.15. The number of hydrogen-bond acceptors (Lipinski definition) is 5. The summed E-state index contributed by atoms with van der Waals surface area (Å²) in [5.41, 5.74) is 3.86. The van der Waals surface area contributed by atoms with Crippen LogP contribution in [0.2, 0.25) is 0 Å². The molecule has 4 nitrogen and oxygen atoms in total. The third kappa shape index (κ3) is 3.39. The van der Waals surface area contributed by atoms with Crippen LogP contribution in [0.25, 0.3) is 21.8 Å². The Morgan fingerprint density at radius 1 is 1.04 bits per heavy atom. The number of piperidine rings is 1. The van der Waals surface area contributed by atoms with Crippen LogP contribution in [0, 0.1) is 5.82 Å². The van der Waals surface area contributed by atoms with Crippen LogP contribution in [-0.2, 0) is 0 Å². The first-order chi connectivity index (χ1) is 13.3. The predicted octanol–water partition coefficient (Wildman–Crippen LogP) is 4.75. The Morgan fingerprint density at radius 3 is 2.67 bits per heavy atom. The highest BCUT2D eigenvalue weighted by atomic mass is 32.1. The van der Waals surface area contributed by atoms with Crippen LogP contribution in [0.1, 0.15) is 48.1 Å². The Bertz CT molecular complexity index is 960. The number of nitrogens with zero attached hydrogens (tertiary/aromatic N) is 3. The van der Waals surface area contributed by atoms with Crippen LogP contribution in [0.5, 0.6) is 0 Å². The fourth-order valence-electron chi connectivity index (χ4n) is 3.80. The molecular formula is C21H21FN4S. The molecule has 1 saturated carbocycles. The third-order valence-corrected chi connectivity index (χ3v) is 6.63. The summed E-state index contributed by atoms with van der Waals surface area (Å²) in [6.45, 7) is 2.05. The van der Waals surface area contributed by atoms with Gasteiger partial charge in [0.15, 0.2) is 0 Å². The lowest BCUT2D eigenvalue weighted by molar-refractivity contribution is 0.459. The van der Waals surface area contributed by atoms with Crippen LogP contribution < -0.4 is 5.32 Å². The molecule has 1 aliphatic carbocycles. The van der Waals surface area contributed by atoms with Gasteiger partial charge >= 0.3 is 0 Å². The Labute approximate surface area is 161 Å². The van der Waals surface area contributed by atoms with Crippen molar-refractivity contribution in [3.05, 3.63) is 53.2 Å². The number of hydrogen-bond donors (Lipinski definition) is 1. The second-order valence-electron chi connectivity index (χ2n) is 7.37. The minimum absolute atomic E-state index is 0.236. The molecule has 0 atom stereocenters. The maximum absolute atomic E-state index is 13.9. The zero-order valence-electron chi connectivity index (χ0n) is 15.0. The molecule has 138 valence electrons. The molecule has 1 aliphatic heterocycles. The lowest BCUT2D eigenvalue weighted by Crippen LogP contribution is -2.26. The molecule has 1 saturated heterocycles. The zero-order chi connectivity index (χ0) is 18.2. The standard InChI is InChI=1S/C21H21FN4S/c22-16-3-1-2-15(10-16)18-20(19-17(13-4-5-13)11-24-12-25-19)27-21(26-18)14-6-8-23-9-7-14/h1-3,10-14,23H,4-9H2. The van der Waals surface area contributed by atoms with Gasteiger partial charge in [0.2, 0.25) is 0 Å². The maximum Gasteiger partial charge on any atom is 0.123 e. The van der Waals surface area contributed by atoms with E-state index in [9.17, 15) is 4.39 Å². The van der Waals surface area contributed by atoms with Crippen molar-refractivity contribution in [1.29, 1.82) is 0 Å². The SMILES string of the molecule is Fc1cccc(-c2nc(C3CCNCC3)sc2-c2ncncc2C2CC2)c1. The van der Waals surface area contributed by atoms with Crippen LogP contribution in [-0.4, -0.2) is 28.0 Å². The van der Waals surface area contributed by atoms with Crippen LogP contribution in [0.3, 0.4) is 0 Å². The summed E-state index contributed by atoms with van der Waals surface area (Å²) in [5, 5.41) is 4.56. The van der Waals surface area contributed by atoms with Gasteiger partial charge in [0.05, 0.1) is 21.3 Å². The van der Waals surface area contributed by atoms with Crippen LogP contribution in [0.15, 0.2) is 36.8 Å². The lowest BCUT2D eigenvalue weighted by Gasteiger charge is -2.20. The van der Waals surface area contributed by atoms with E-state index in [1.807, 2.05) is 12.3 Å². The van der Waals surface area contributed by atoms with E-state index in [0.29, 0.717) is 11.8 Å². The van der Waals surface area contributed by atoms with Gasteiger partial charge in [-0.25, -0.2) is 19.3 Å². The highest BCUT2D eigenvalue weighted by Gasteiger charge is 2.30. The van der Waals surface area contributed by atoms with Gasteiger partial charge in [-0.15, -0.1) is 11.3 Å². The Kier molecular flexibility index (Phi) is 4.45. The van der Waals surface area contributed by atoms with E-state index in [4.69, 9.17) is 4.98 Å². The van der Waals surface area contributed by atoms with Crippen molar-refractivity contribution in [1.82, 2.24) is 20.3 Å². The molecule has 27 heavy (non-hydrogen) atoms. The van der Waals surface area contributed by atoms with Crippen LogP contribution >= 0.6 is 11.3 Å². The number of aromatic nitrogens is 3. The molecule has 5 rings (SSSR count). The number of rotatable bonds is 4. The van der Waals surface area contributed by atoms with Gasteiger partial charge in [-0.2, -0.15) is 0 Å². The predicted molar refractivity (Wildman–Crippen MR) is 105 cm³/mol. The molecule has 1 aromatic carbocycles. The van der Waals surface area contributed by atoms with E-state index < -0.39 is 0 Å². The van der Waals surface area contributed by atoms with Crippen molar-refractivity contribution < 1.29 is 4.39 Å². The number of thiazole rings is 1. The Balaban J connectivity index is 1.65. The summed E-state index contributed by atoms with van der Waals surface area (Å²) < 4.78 is 13.9. The minimum atomic E-state index is -0.236. The highest BCUT2D eigenvalue weighted by Crippen LogP contribution is 2.47. The largest absolute Gasteiger partial charge is 0.317 e. The van der Waals surface area contributed by atoms with Gasteiger partial charge in [0.25, 0.3) is 0 Å². The normalized spacial score (nSPS) is 18.0. The summed E-state index contributed by atoms with van der Waals surface area (Å²) in [5.74, 6) is 0.773. The van der Waals surface area contributed by atoms with Gasteiger partial charge in [-0.1, -0.05) is 12.1 Å². The second-order valence-corrected chi connectivity index (χ2v) is 8.40. The first-order valence-corrected chi connectivity index (χ1v) is 10.4. The molecule has 2 aromatic heterocycles. The third-order valence-electron chi connectivity index (χ3n) is 5.40. The van der Waals surface area contributed by atoms with E-state index in [-0.39, 0.29) is 5.82 Å². The fraction of sp³-hybridized carbons (Fsp3) is 0.381. The molecule has 0 amide bonds. The van der Waals surface area contributed by atoms with Gasteiger partial charge < -0.3 is 5.32 Å². The quantitative estimate of drug-likeness (QED) is 0.710. The van der Waals surface area contributed by atoms with Crippen molar-refractivity contribution in [3.8, 4) is 21.8 Å². The molecule has 6 heteroatoms.